The number of hydrogen-bond donors (Lipinski definition) is 2. The van der Waals surface area contributed by atoms with Crippen molar-refractivity contribution in [1.29, 1.82) is 5.26 Å². The van der Waals surface area contributed by atoms with Crippen molar-refractivity contribution in [3.8, 4) is 17.3 Å². The first-order valence-corrected chi connectivity index (χ1v) is 12.3. The lowest BCUT2D eigenvalue weighted by molar-refractivity contribution is -0.121. The molecule has 0 saturated carbocycles. The second kappa shape index (κ2) is 8.76. The summed E-state index contributed by atoms with van der Waals surface area (Å²) in [6.07, 6.45) is 3.38. The summed E-state index contributed by atoms with van der Waals surface area (Å²) in [6.45, 7) is 2.12. The van der Waals surface area contributed by atoms with Crippen LogP contribution in [0.4, 0.5) is 0 Å². The van der Waals surface area contributed by atoms with E-state index in [4.69, 9.17) is 5.10 Å². The van der Waals surface area contributed by atoms with E-state index in [-0.39, 0.29) is 29.7 Å². The fourth-order valence-electron chi connectivity index (χ4n) is 5.67. The Morgan fingerprint density at radius 2 is 2.06 bits per heavy atom. The lowest BCUT2D eigenvalue weighted by Gasteiger charge is -2.47. The summed E-state index contributed by atoms with van der Waals surface area (Å²) in [4.78, 5) is 12.9. The quantitative estimate of drug-likeness (QED) is 0.552. The minimum absolute atomic E-state index is 0.00266. The van der Waals surface area contributed by atoms with Gasteiger partial charge in [-0.3, -0.25) is 14.1 Å². The van der Waals surface area contributed by atoms with E-state index in [1.165, 1.54) is 0 Å². The molecular weight excluding hydrogens is 448 g/mol. The summed E-state index contributed by atoms with van der Waals surface area (Å²) < 4.78 is 24.2. The molecule has 172 valence electrons. The lowest BCUT2D eigenvalue weighted by atomic mass is 9.54. The highest BCUT2D eigenvalue weighted by Gasteiger charge is 2.53. The van der Waals surface area contributed by atoms with Crippen molar-refractivity contribution in [2.45, 2.75) is 31.7 Å². The zero-order valence-electron chi connectivity index (χ0n) is 18.6. The highest BCUT2D eigenvalue weighted by Crippen LogP contribution is 2.54. The SMILES string of the molecule is C[C@@H]1C(=O)C(C#N)=C[C@]2(c3ccccc3)c3[nH]nc(-c4cccc(CNS(=O)[O-])c4)c3CCC12. The fraction of sp³-hybridized carbons (Fsp3) is 0.269. The number of aromatic nitrogens is 2. The third-order valence-electron chi connectivity index (χ3n) is 7.19. The molecule has 2 aliphatic rings. The number of Topliss-reactive ketones (excluding diaryl/α,β-unsaturated/α-hetero) is 1. The van der Waals surface area contributed by atoms with Crippen LogP contribution in [0.1, 0.15) is 35.7 Å². The largest absolute Gasteiger partial charge is 0.760 e. The number of nitrogens with zero attached hydrogens (tertiary/aromatic N) is 2. The van der Waals surface area contributed by atoms with Gasteiger partial charge in [-0.25, -0.2) is 4.72 Å². The normalized spacial score (nSPS) is 24.5. The van der Waals surface area contributed by atoms with Gasteiger partial charge in [0.05, 0.1) is 22.4 Å². The Hall–Kier alpha value is -3.38. The highest BCUT2D eigenvalue weighted by molar-refractivity contribution is 7.77. The molecule has 2 aromatic carbocycles. The van der Waals surface area contributed by atoms with Gasteiger partial charge in [0.1, 0.15) is 6.07 Å². The molecule has 0 spiro atoms. The van der Waals surface area contributed by atoms with E-state index >= 15 is 0 Å². The van der Waals surface area contributed by atoms with Gasteiger partial charge in [-0.05, 0) is 42.0 Å². The first kappa shape index (κ1) is 22.4. The number of ketones is 1. The molecule has 3 aromatic rings. The second-order valence-corrected chi connectivity index (χ2v) is 9.64. The average molecular weight is 472 g/mol. The van der Waals surface area contributed by atoms with E-state index in [9.17, 15) is 18.8 Å². The first-order chi connectivity index (χ1) is 16.5. The number of aromatic amines is 1. The molecule has 4 atom stereocenters. The van der Waals surface area contributed by atoms with E-state index in [0.717, 1.165) is 46.5 Å². The molecule has 0 radical (unpaired) electrons. The number of benzene rings is 2. The smallest absolute Gasteiger partial charge is 0.176 e. The molecule has 7 nitrogen and oxygen atoms in total. The third-order valence-corrected chi connectivity index (χ3v) is 7.57. The molecule has 8 heteroatoms. The number of carbonyl (C=O) groups excluding carboxylic acids is 1. The van der Waals surface area contributed by atoms with E-state index in [0.29, 0.717) is 0 Å². The summed E-state index contributed by atoms with van der Waals surface area (Å²) in [5.41, 5.74) is 5.07. The Morgan fingerprint density at radius 3 is 2.79 bits per heavy atom. The maximum absolute atomic E-state index is 12.9. The van der Waals surface area contributed by atoms with Crippen LogP contribution in [0.2, 0.25) is 0 Å². The summed E-state index contributed by atoms with van der Waals surface area (Å²) >= 11 is -2.34. The van der Waals surface area contributed by atoms with Crippen LogP contribution in [0.15, 0.2) is 66.2 Å². The zero-order valence-corrected chi connectivity index (χ0v) is 19.4. The van der Waals surface area contributed by atoms with Crippen molar-refractivity contribution in [3.05, 3.63) is 88.6 Å². The van der Waals surface area contributed by atoms with Crippen LogP contribution in [0.5, 0.6) is 0 Å². The molecule has 2 aliphatic carbocycles. The molecule has 1 heterocycles. The van der Waals surface area contributed by atoms with Crippen LogP contribution >= 0.6 is 0 Å². The Balaban J connectivity index is 1.69. The molecule has 2 unspecified atom stereocenters. The maximum atomic E-state index is 12.9. The summed E-state index contributed by atoms with van der Waals surface area (Å²) in [7, 11) is 0. The third kappa shape index (κ3) is 3.53. The van der Waals surface area contributed by atoms with Gasteiger partial charge in [-0.1, -0.05) is 55.5 Å². The predicted octanol–water partition coefficient (Wildman–Crippen LogP) is 3.48. The van der Waals surface area contributed by atoms with Gasteiger partial charge in [0.25, 0.3) is 0 Å². The van der Waals surface area contributed by atoms with Crippen molar-refractivity contribution < 1.29 is 13.6 Å². The Labute approximate surface area is 200 Å². The van der Waals surface area contributed by atoms with Crippen LogP contribution in [-0.2, 0) is 34.4 Å². The van der Waals surface area contributed by atoms with Gasteiger partial charge in [0.2, 0.25) is 0 Å². The van der Waals surface area contributed by atoms with E-state index in [2.05, 4.69) is 15.9 Å². The van der Waals surface area contributed by atoms with E-state index in [1.54, 1.807) is 0 Å². The number of H-pyrrole nitrogens is 1. The molecule has 0 fully saturated rings. The molecule has 2 N–H and O–H groups in total. The maximum Gasteiger partial charge on any atom is 0.176 e. The molecule has 0 amide bonds. The predicted molar refractivity (Wildman–Crippen MR) is 127 cm³/mol. The zero-order chi connectivity index (χ0) is 23.9. The van der Waals surface area contributed by atoms with Crippen LogP contribution in [0.25, 0.3) is 11.3 Å². The number of hydrogen-bond acceptors (Lipinski definition) is 5. The molecule has 0 aliphatic heterocycles. The first-order valence-electron chi connectivity index (χ1n) is 11.2. The fourth-order valence-corrected chi connectivity index (χ4v) is 5.95. The molecule has 34 heavy (non-hydrogen) atoms. The summed E-state index contributed by atoms with van der Waals surface area (Å²) in [6, 6.07) is 19.8. The Bertz CT molecular complexity index is 1360. The van der Waals surface area contributed by atoms with Crippen LogP contribution < -0.4 is 4.72 Å². The van der Waals surface area contributed by atoms with Gasteiger partial charge in [0, 0.05) is 34.9 Å². The minimum Gasteiger partial charge on any atom is -0.760 e. The molecule has 0 saturated heterocycles. The molecule has 1 aromatic heterocycles. The minimum atomic E-state index is -2.34. The molecule has 0 bridgehead atoms. The van der Waals surface area contributed by atoms with E-state index < -0.39 is 16.7 Å². The van der Waals surface area contributed by atoms with Gasteiger partial charge in [-0.2, -0.15) is 10.4 Å². The number of nitriles is 1. The van der Waals surface area contributed by atoms with Crippen molar-refractivity contribution in [2.75, 3.05) is 0 Å². The summed E-state index contributed by atoms with van der Waals surface area (Å²) in [5.74, 6) is -0.386. The average Bonchev–Trinajstić information content (AvgIpc) is 3.30. The van der Waals surface area contributed by atoms with Gasteiger partial charge in [0.15, 0.2) is 5.78 Å². The van der Waals surface area contributed by atoms with Crippen molar-refractivity contribution in [1.82, 2.24) is 14.9 Å². The number of rotatable bonds is 5. The van der Waals surface area contributed by atoms with Crippen molar-refractivity contribution >= 4 is 17.0 Å². The summed E-state index contributed by atoms with van der Waals surface area (Å²) in [5, 5.41) is 17.7. The number of nitrogens with one attached hydrogen (secondary N) is 2. The lowest BCUT2D eigenvalue weighted by Crippen LogP contribution is -2.48. The highest BCUT2D eigenvalue weighted by atomic mass is 32.2. The molecular formula is C26H23N4O3S-. The number of carbonyl (C=O) groups is 1. The number of fused-ring (bicyclic) bond motifs is 3. The van der Waals surface area contributed by atoms with Crippen LogP contribution in [0, 0.1) is 23.2 Å². The second-order valence-electron chi connectivity index (χ2n) is 8.88. The Morgan fingerprint density at radius 1 is 1.26 bits per heavy atom. The van der Waals surface area contributed by atoms with Crippen molar-refractivity contribution in [3.63, 3.8) is 0 Å². The van der Waals surface area contributed by atoms with Crippen LogP contribution in [-0.4, -0.2) is 24.7 Å². The van der Waals surface area contributed by atoms with E-state index in [1.807, 2.05) is 67.6 Å². The molecule has 5 rings (SSSR count). The van der Waals surface area contributed by atoms with Gasteiger partial charge < -0.3 is 4.55 Å². The standard InChI is InChI=1S/C26H24N4O3S/c1-16-22-11-10-21-23(18-7-5-6-17(12-18)15-28-34(32)33)29-30-25(21)26(22,13-19(14-27)24(16)31)20-8-3-2-4-9-20/h2-9,12-13,16,22,28H,10-11,15H2,1H3,(H,29,30)(H,32,33)/p-1/t16-,22?,26+/m0/s1. The topological polar surface area (TPSA) is 122 Å². The number of allylic oxidation sites excluding steroid dienone is 2. The van der Waals surface area contributed by atoms with Gasteiger partial charge in [-0.15, -0.1) is 0 Å². The van der Waals surface area contributed by atoms with Gasteiger partial charge >= 0.3 is 0 Å². The van der Waals surface area contributed by atoms with Crippen LogP contribution in [0.3, 0.4) is 0 Å². The monoisotopic (exact) mass is 471 g/mol. The Kier molecular flexibility index (Phi) is 5.78. The van der Waals surface area contributed by atoms with Crippen molar-refractivity contribution in [2.24, 2.45) is 11.8 Å².